The molecule has 2 fully saturated rings. The van der Waals surface area contributed by atoms with Gasteiger partial charge in [0.25, 0.3) is 0 Å². The molecule has 7 heteroatoms. The molecule has 2 saturated heterocycles. The highest BCUT2D eigenvalue weighted by molar-refractivity contribution is 5.76. The van der Waals surface area contributed by atoms with Gasteiger partial charge in [0.1, 0.15) is 0 Å². The van der Waals surface area contributed by atoms with Gasteiger partial charge in [0, 0.05) is 43.9 Å². The summed E-state index contributed by atoms with van der Waals surface area (Å²) in [6.07, 6.45) is 3.64. The minimum Gasteiger partial charge on any atom is -0.378 e. The van der Waals surface area contributed by atoms with Gasteiger partial charge in [0.15, 0.2) is 0 Å². The number of carbonyl (C=O) groups excluding carboxylic acids is 1. The summed E-state index contributed by atoms with van der Waals surface area (Å²) in [5.41, 5.74) is 2.18. The van der Waals surface area contributed by atoms with Gasteiger partial charge in [-0.3, -0.25) is 9.78 Å². The topological polar surface area (TPSA) is 42.4 Å². The number of piperidine rings is 1. The van der Waals surface area contributed by atoms with Crippen LogP contribution in [0.4, 0.5) is 13.2 Å². The fourth-order valence-corrected chi connectivity index (χ4v) is 4.57. The zero-order chi connectivity index (χ0) is 22.6. The average molecular weight is 447 g/mol. The molecule has 0 N–H and O–H groups in total. The van der Waals surface area contributed by atoms with Crippen molar-refractivity contribution in [3.63, 3.8) is 0 Å². The molecule has 1 aromatic heterocycles. The Labute approximate surface area is 186 Å². The summed E-state index contributed by atoms with van der Waals surface area (Å²) < 4.78 is 43.7. The van der Waals surface area contributed by atoms with E-state index in [-0.39, 0.29) is 12.0 Å². The van der Waals surface area contributed by atoms with Crippen molar-refractivity contribution < 1.29 is 22.7 Å². The van der Waals surface area contributed by atoms with E-state index in [0.29, 0.717) is 18.8 Å². The molecule has 0 radical (unpaired) electrons. The Balaban J connectivity index is 1.25. The molecule has 2 aromatic rings. The summed E-state index contributed by atoms with van der Waals surface area (Å²) in [5.74, 6) is 0.552. The predicted octanol–water partition coefficient (Wildman–Crippen LogP) is 5.36. The number of nitrogens with zero attached hydrogens (tertiary/aromatic N) is 2. The molecule has 2 aliphatic rings. The van der Waals surface area contributed by atoms with Gasteiger partial charge in [-0.1, -0.05) is 18.2 Å². The minimum atomic E-state index is -4.31. The molecule has 0 saturated carbocycles. The number of likely N-dealkylation sites (tertiary alicyclic amines) is 1. The highest BCUT2D eigenvalue weighted by Crippen LogP contribution is 2.30. The third-order valence-electron chi connectivity index (χ3n) is 6.51. The quantitative estimate of drug-likeness (QED) is 0.600. The molecule has 0 spiro atoms. The van der Waals surface area contributed by atoms with E-state index < -0.39 is 11.7 Å². The van der Waals surface area contributed by atoms with Gasteiger partial charge in [-0.25, -0.2) is 0 Å². The van der Waals surface area contributed by atoms with Gasteiger partial charge in [-0.05, 0) is 67.9 Å². The molecule has 172 valence electrons. The molecule has 1 aromatic carbocycles. The summed E-state index contributed by atoms with van der Waals surface area (Å²) in [7, 11) is 0. The molecule has 4 rings (SSSR count). The van der Waals surface area contributed by atoms with Crippen LogP contribution in [0.1, 0.15) is 66.8 Å². The van der Waals surface area contributed by atoms with Crippen LogP contribution in [-0.4, -0.2) is 41.6 Å². The Bertz CT molecular complexity index is 883. The van der Waals surface area contributed by atoms with Gasteiger partial charge < -0.3 is 9.64 Å². The lowest BCUT2D eigenvalue weighted by atomic mass is 9.92. The highest BCUT2D eigenvalue weighted by atomic mass is 19.4. The van der Waals surface area contributed by atoms with Crippen molar-refractivity contribution in [2.75, 3.05) is 19.7 Å². The molecule has 3 heterocycles. The highest BCUT2D eigenvalue weighted by Gasteiger charge is 2.30. The first-order valence-electron chi connectivity index (χ1n) is 11.4. The molecule has 0 aliphatic carbocycles. The first kappa shape index (κ1) is 22.8. The fraction of sp³-hybridized carbons (Fsp3) is 0.520. The van der Waals surface area contributed by atoms with Crippen molar-refractivity contribution in [3.05, 3.63) is 65.0 Å². The molecule has 4 nitrogen and oxygen atoms in total. The third kappa shape index (κ3) is 5.88. The number of rotatable bonds is 6. The first-order chi connectivity index (χ1) is 15.4. The van der Waals surface area contributed by atoms with Crippen LogP contribution in [0.2, 0.25) is 0 Å². The van der Waals surface area contributed by atoms with Crippen molar-refractivity contribution in [2.45, 2.75) is 63.1 Å². The molecule has 0 unspecified atom stereocenters. The maximum Gasteiger partial charge on any atom is 0.416 e. The number of amides is 1. The maximum atomic E-state index is 12.7. The van der Waals surface area contributed by atoms with Crippen LogP contribution in [0.5, 0.6) is 0 Å². The lowest BCUT2D eigenvalue weighted by Gasteiger charge is -2.32. The van der Waals surface area contributed by atoms with Gasteiger partial charge in [0.05, 0.1) is 11.7 Å². The Hall–Kier alpha value is -2.41. The molecular weight excluding hydrogens is 417 g/mol. The van der Waals surface area contributed by atoms with E-state index in [4.69, 9.17) is 4.74 Å². The first-order valence-corrected chi connectivity index (χ1v) is 11.4. The maximum absolute atomic E-state index is 12.7. The smallest absolute Gasteiger partial charge is 0.378 e. The van der Waals surface area contributed by atoms with Gasteiger partial charge in [-0.2, -0.15) is 13.2 Å². The Morgan fingerprint density at radius 1 is 1.03 bits per heavy atom. The van der Waals surface area contributed by atoms with Gasteiger partial charge in [-0.15, -0.1) is 0 Å². The average Bonchev–Trinajstić information content (AvgIpc) is 3.32. The van der Waals surface area contributed by atoms with E-state index in [0.717, 1.165) is 80.8 Å². The number of ether oxygens (including phenoxy) is 1. The number of hydrogen-bond donors (Lipinski definition) is 0. The SMILES string of the molecule is O=C(CC[C@H]1CCCO1)N1CCC(c2ccc(Cc3ccc(C(F)(F)F)cc3)cn2)CC1. The Morgan fingerprint density at radius 2 is 1.75 bits per heavy atom. The largest absolute Gasteiger partial charge is 0.416 e. The fourth-order valence-electron chi connectivity index (χ4n) is 4.57. The van der Waals surface area contributed by atoms with Crippen molar-refractivity contribution in [1.82, 2.24) is 9.88 Å². The van der Waals surface area contributed by atoms with E-state index in [1.807, 2.05) is 23.2 Å². The zero-order valence-corrected chi connectivity index (χ0v) is 18.1. The van der Waals surface area contributed by atoms with Crippen molar-refractivity contribution in [1.29, 1.82) is 0 Å². The van der Waals surface area contributed by atoms with E-state index in [1.54, 1.807) is 0 Å². The van der Waals surface area contributed by atoms with Crippen LogP contribution < -0.4 is 0 Å². The van der Waals surface area contributed by atoms with E-state index >= 15 is 0 Å². The lowest BCUT2D eigenvalue weighted by Crippen LogP contribution is -2.38. The minimum absolute atomic E-state index is 0.221. The third-order valence-corrected chi connectivity index (χ3v) is 6.51. The number of pyridine rings is 1. The molecule has 1 atom stereocenters. The van der Waals surface area contributed by atoms with E-state index in [2.05, 4.69) is 4.98 Å². The van der Waals surface area contributed by atoms with Crippen LogP contribution in [0.3, 0.4) is 0 Å². The number of benzene rings is 1. The van der Waals surface area contributed by atoms with Crippen LogP contribution in [-0.2, 0) is 22.1 Å². The van der Waals surface area contributed by atoms with Crippen LogP contribution in [0.15, 0.2) is 42.6 Å². The van der Waals surface area contributed by atoms with Crippen molar-refractivity contribution >= 4 is 5.91 Å². The normalized spacial score (nSPS) is 20.0. The molecule has 1 amide bonds. The number of halogens is 3. The van der Waals surface area contributed by atoms with E-state index in [9.17, 15) is 18.0 Å². The summed E-state index contributed by atoms with van der Waals surface area (Å²) in [5, 5.41) is 0. The summed E-state index contributed by atoms with van der Waals surface area (Å²) in [6.45, 7) is 2.33. The zero-order valence-electron chi connectivity index (χ0n) is 18.1. The van der Waals surface area contributed by atoms with Crippen LogP contribution >= 0.6 is 0 Å². The second kappa shape index (κ2) is 10.0. The number of aromatic nitrogens is 1. The molecule has 2 aliphatic heterocycles. The second-order valence-corrected chi connectivity index (χ2v) is 8.79. The molecular formula is C25H29F3N2O2. The van der Waals surface area contributed by atoms with Gasteiger partial charge >= 0.3 is 6.18 Å². The predicted molar refractivity (Wildman–Crippen MR) is 115 cm³/mol. The van der Waals surface area contributed by atoms with Crippen LogP contribution in [0.25, 0.3) is 0 Å². The number of carbonyl (C=O) groups is 1. The second-order valence-electron chi connectivity index (χ2n) is 8.79. The number of hydrogen-bond acceptors (Lipinski definition) is 3. The molecule has 0 bridgehead atoms. The monoisotopic (exact) mass is 446 g/mol. The molecule has 32 heavy (non-hydrogen) atoms. The van der Waals surface area contributed by atoms with Gasteiger partial charge in [0.2, 0.25) is 5.91 Å². The Kier molecular flexibility index (Phi) is 7.13. The number of alkyl halides is 3. The summed E-state index contributed by atoms with van der Waals surface area (Å²) in [4.78, 5) is 19.1. The lowest BCUT2D eigenvalue weighted by molar-refractivity contribution is -0.137. The van der Waals surface area contributed by atoms with E-state index in [1.165, 1.54) is 12.1 Å². The van der Waals surface area contributed by atoms with Crippen LogP contribution in [0, 0.1) is 0 Å². The Morgan fingerprint density at radius 3 is 2.34 bits per heavy atom. The van der Waals surface area contributed by atoms with Crippen molar-refractivity contribution in [2.24, 2.45) is 0 Å². The summed E-state index contributed by atoms with van der Waals surface area (Å²) in [6, 6.07) is 9.28. The van der Waals surface area contributed by atoms with Crippen molar-refractivity contribution in [3.8, 4) is 0 Å². The standard InChI is InChI=1S/C25H29F3N2O2/c26-25(27,28)21-6-3-18(4-7-21)16-19-5-9-23(29-17-19)20-11-13-30(14-12-20)24(31)10-8-22-2-1-15-32-22/h3-7,9,17,20,22H,1-2,8,10-16H2/t22-/m1/s1. The summed E-state index contributed by atoms with van der Waals surface area (Å²) >= 11 is 0.